The molecule has 0 radical (unpaired) electrons. The Labute approximate surface area is 130 Å². The zero-order valence-corrected chi connectivity index (χ0v) is 13.6. The molecular weight excluding hydrogens is 290 g/mol. The van der Waals surface area contributed by atoms with E-state index in [9.17, 15) is 14.7 Å². The molecule has 1 saturated carbocycles. The molecule has 2 unspecified atom stereocenters. The predicted octanol–water partition coefficient (Wildman–Crippen LogP) is 0.936. The Hall–Kier alpha value is -1.34. The van der Waals surface area contributed by atoms with Crippen molar-refractivity contribution in [1.82, 2.24) is 4.90 Å². The van der Waals surface area contributed by atoms with E-state index in [4.69, 9.17) is 9.47 Å². The van der Waals surface area contributed by atoms with Crippen LogP contribution in [0.15, 0.2) is 0 Å². The van der Waals surface area contributed by atoms with Crippen molar-refractivity contribution in [3.8, 4) is 0 Å². The van der Waals surface area contributed by atoms with Gasteiger partial charge in [0.25, 0.3) is 0 Å². The summed E-state index contributed by atoms with van der Waals surface area (Å²) in [5.41, 5.74) is -1.21. The Balaban J connectivity index is 2.02. The van der Waals surface area contributed by atoms with E-state index in [1.165, 1.54) is 7.11 Å². The molecule has 0 bridgehead atoms. The van der Waals surface area contributed by atoms with E-state index >= 15 is 0 Å². The third-order valence-corrected chi connectivity index (χ3v) is 4.16. The number of aliphatic hydroxyl groups is 1. The first kappa shape index (κ1) is 17.0. The van der Waals surface area contributed by atoms with Gasteiger partial charge in [-0.2, -0.15) is 0 Å². The third kappa shape index (κ3) is 3.52. The molecule has 0 aromatic heterocycles. The molecule has 2 aliphatic rings. The lowest BCUT2D eigenvalue weighted by atomic mass is 9.91. The van der Waals surface area contributed by atoms with Gasteiger partial charge in [0.1, 0.15) is 5.60 Å². The summed E-state index contributed by atoms with van der Waals surface area (Å²) >= 11 is 0. The van der Waals surface area contributed by atoms with Gasteiger partial charge >= 0.3 is 12.1 Å². The van der Waals surface area contributed by atoms with Gasteiger partial charge in [0.2, 0.25) is 0 Å². The molecule has 2 atom stereocenters. The molecule has 1 N–H and O–H groups in total. The molecular formula is C15H25NO6. The minimum absolute atomic E-state index is 0.308. The molecule has 0 aromatic rings. The van der Waals surface area contributed by atoms with Gasteiger partial charge in [0.05, 0.1) is 26.4 Å². The number of carbonyl (C=O) groups excluding carboxylic acids is 2. The average molecular weight is 315 g/mol. The largest absolute Gasteiger partial charge is 0.467 e. The first-order chi connectivity index (χ1) is 10.2. The molecule has 1 heterocycles. The van der Waals surface area contributed by atoms with Gasteiger partial charge in [-0.3, -0.25) is 0 Å². The minimum atomic E-state index is -1.22. The number of hydrogen-bond donors (Lipinski definition) is 1. The summed E-state index contributed by atoms with van der Waals surface area (Å²) in [5.74, 6) is -0.657. The molecule has 1 aliphatic carbocycles. The second kappa shape index (κ2) is 6.04. The van der Waals surface area contributed by atoms with Crippen LogP contribution in [0.4, 0.5) is 4.79 Å². The van der Waals surface area contributed by atoms with E-state index in [0.717, 1.165) is 0 Å². The fourth-order valence-corrected chi connectivity index (χ4v) is 2.75. The van der Waals surface area contributed by atoms with Crippen molar-refractivity contribution in [1.29, 1.82) is 0 Å². The number of methoxy groups -OCH3 is 1. The number of hydrogen-bond acceptors (Lipinski definition) is 6. The second-order valence-corrected chi connectivity index (χ2v) is 6.94. The van der Waals surface area contributed by atoms with Crippen LogP contribution in [0, 0.1) is 5.41 Å². The Kier molecular flexibility index (Phi) is 4.67. The number of ether oxygens (including phenoxy) is 3. The number of morpholine rings is 1. The predicted molar refractivity (Wildman–Crippen MR) is 77.2 cm³/mol. The number of amides is 1. The quantitative estimate of drug-likeness (QED) is 0.780. The van der Waals surface area contributed by atoms with Crippen molar-refractivity contribution in [2.75, 3.05) is 26.8 Å². The summed E-state index contributed by atoms with van der Waals surface area (Å²) in [7, 11) is 1.25. The van der Waals surface area contributed by atoms with Crippen LogP contribution in [0.1, 0.15) is 33.6 Å². The second-order valence-electron chi connectivity index (χ2n) is 6.94. The molecule has 7 nitrogen and oxygen atoms in total. The minimum Gasteiger partial charge on any atom is -0.467 e. The zero-order chi connectivity index (χ0) is 16.5. The van der Waals surface area contributed by atoms with E-state index in [1.807, 2.05) is 20.8 Å². The van der Waals surface area contributed by atoms with Gasteiger partial charge in [-0.25, -0.2) is 9.59 Å². The van der Waals surface area contributed by atoms with Crippen molar-refractivity contribution in [3.05, 3.63) is 0 Å². The number of carbonyl (C=O) groups is 2. The number of nitrogens with zero attached hydrogens (tertiary/aromatic N) is 1. The first-order valence-corrected chi connectivity index (χ1v) is 7.55. The van der Waals surface area contributed by atoms with E-state index < -0.39 is 29.2 Å². The Bertz CT molecular complexity index is 440. The highest BCUT2D eigenvalue weighted by Gasteiger charge is 2.59. The summed E-state index contributed by atoms with van der Waals surface area (Å²) in [6.07, 6.45) is -0.653. The fraction of sp³-hybridized carbons (Fsp3) is 0.867. The van der Waals surface area contributed by atoms with Gasteiger partial charge in [0.15, 0.2) is 6.10 Å². The maximum absolute atomic E-state index is 12.2. The van der Waals surface area contributed by atoms with Crippen LogP contribution in [0.5, 0.6) is 0 Å². The molecule has 22 heavy (non-hydrogen) atoms. The molecule has 2 rings (SSSR count). The summed E-state index contributed by atoms with van der Waals surface area (Å²) in [6.45, 7) is 6.54. The lowest BCUT2D eigenvalue weighted by molar-refractivity contribution is -0.162. The maximum atomic E-state index is 12.2. The van der Waals surface area contributed by atoms with Crippen LogP contribution in [-0.4, -0.2) is 66.7 Å². The summed E-state index contributed by atoms with van der Waals surface area (Å²) in [6, 6.07) is 0. The van der Waals surface area contributed by atoms with E-state index in [0.29, 0.717) is 32.5 Å². The van der Waals surface area contributed by atoms with Crippen LogP contribution in [0.3, 0.4) is 0 Å². The van der Waals surface area contributed by atoms with Crippen molar-refractivity contribution >= 4 is 12.1 Å². The van der Waals surface area contributed by atoms with Crippen molar-refractivity contribution in [2.24, 2.45) is 5.41 Å². The lowest BCUT2D eigenvalue weighted by Gasteiger charge is -2.38. The summed E-state index contributed by atoms with van der Waals surface area (Å²) in [5, 5.41) is 10.2. The number of aliphatic hydroxyl groups excluding tert-OH is 1. The van der Waals surface area contributed by atoms with Crippen molar-refractivity contribution in [2.45, 2.75) is 51.4 Å². The van der Waals surface area contributed by atoms with Gasteiger partial charge < -0.3 is 24.2 Å². The van der Waals surface area contributed by atoms with E-state index in [2.05, 4.69) is 4.74 Å². The summed E-state index contributed by atoms with van der Waals surface area (Å²) in [4.78, 5) is 25.3. The third-order valence-electron chi connectivity index (χ3n) is 4.16. The van der Waals surface area contributed by atoms with Gasteiger partial charge in [-0.15, -0.1) is 0 Å². The van der Waals surface area contributed by atoms with Gasteiger partial charge in [-0.1, -0.05) is 0 Å². The molecule has 2 fully saturated rings. The van der Waals surface area contributed by atoms with Crippen molar-refractivity contribution < 1.29 is 28.9 Å². The van der Waals surface area contributed by atoms with E-state index in [1.54, 1.807) is 4.90 Å². The zero-order valence-electron chi connectivity index (χ0n) is 13.6. The number of rotatable bonds is 3. The van der Waals surface area contributed by atoms with Crippen LogP contribution >= 0.6 is 0 Å². The van der Waals surface area contributed by atoms with Crippen LogP contribution in [-0.2, 0) is 19.0 Å². The average Bonchev–Trinajstić information content (AvgIpc) is 3.25. The van der Waals surface area contributed by atoms with Crippen molar-refractivity contribution in [3.63, 3.8) is 0 Å². The summed E-state index contributed by atoms with van der Waals surface area (Å²) < 4.78 is 15.7. The Morgan fingerprint density at radius 1 is 1.36 bits per heavy atom. The standard InChI is InChI=1S/C15H25NO6/c1-14(2,3)22-13(19)16-7-8-21-10(9-16)15(5-6-15)11(17)12(18)20-4/h10-11,17H,5-9H2,1-4H3. The molecule has 0 spiro atoms. The SMILES string of the molecule is COC(=O)C(O)C1(C2CN(C(=O)OC(C)(C)C)CCO2)CC1. The first-order valence-electron chi connectivity index (χ1n) is 7.55. The molecule has 126 valence electrons. The van der Waals surface area contributed by atoms with Gasteiger partial charge in [0, 0.05) is 12.0 Å². The number of esters is 1. The highest BCUT2D eigenvalue weighted by atomic mass is 16.6. The maximum Gasteiger partial charge on any atom is 0.410 e. The molecule has 7 heteroatoms. The van der Waals surface area contributed by atoms with Gasteiger partial charge in [-0.05, 0) is 33.6 Å². The highest BCUT2D eigenvalue weighted by Crippen LogP contribution is 2.53. The van der Waals surface area contributed by atoms with Crippen LogP contribution in [0.2, 0.25) is 0 Å². The molecule has 1 amide bonds. The molecule has 0 aromatic carbocycles. The normalized spacial score (nSPS) is 25.3. The highest BCUT2D eigenvalue weighted by molar-refractivity contribution is 5.76. The topological polar surface area (TPSA) is 85.3 Å². The lowest BCUT2D eigenvalue weighted by Crippen LogP contribution is -2.53. The Morgan fingerprint density at radius 2 is 2.00 bits per heavy atom. The molecule has 1 saturated heterocycles. The molecule has 1 aliphatic heterocycles. The smallest absolute Gasteiger partial charge is 0.410 e. The van der Waals surface area contributed by atoms with Crippen LogP contribution < -0.4 is 0 Å². The monoisotopic (exact) mass is 315 g/mol. The fourth-order valence-electron chi connectivity index (χ4n) is 2.75. The Morgan fingerprint density at radius 3 is 2.50 bits per heavy atom. The van der Waals surface area contributed by atoms with E-state index in [-0.39, 0.29) is 6.10 Å². The van der Waals surface area contributed by atoms with Crippen LogP contribution in [0.25, 0.3) is 0 Å².